The van der Waals surface area contributed by atoms with Crippen LogP contribution in [0.15, 0.2) is 12.1 Å². The van der Waals surface area contributed by atoms with Crippen molar-refractivity contribution in [3.05, 3.63) is 21.9 Å². The number of rotatable bonds is 5. The van der Waals surface area contributed by atoms with Crippen molar-refractivity contribution in [2.45, 2.75) is 59.0 Å². The molecule has 0 amide bonds. The maximum atomic E-state index is 3.67. The highest BCUT2D eigenvalue weighted by atomic mass is 32.1. The van der Waals surface area contributed by atoms with Crippen LogP contribution < -0.4 is 5.32 Å². The molecule has 2 rings (SSSR count). The summed E-state index contributed by atoms with van der Waals surface area (Å²) in [5.41, 5.74) is 0.242. The van der Waals surface area contributed by atoms with E-state index in [-0.39, 0.29) is 5.54 Å². The van der Waals surface area contributed by atoms with Crippen LogP contribution in [-0.2, 0) is 13.0 Å². The molecule has 1 fully saturated rings. The number of aryl methyl sites for hydroxylation is 1. The Labute approximate surface area is 128 Å². The van der Waals surface area contributed by atoms with Gasteiger partial charge in [0.15, 0.2) is 0 Å². The van der Waals surface area contributed by atoms with Crippen LogP contribution in [0.3, 0.4) is 0 Å². The quantitative estimate of drug-likeness (QED) is 0.885. The van der Waals surface area contributed by atoms with Gasteiger partial charge in [-0.1, -0.05) is 6.92 Å². The molecule has 1 atom stereocenters. The number of hydrogen-bond donors (Lipinski definition) is 1. The molecule has 1 aliphatic heterocycles. The number of piperidine rings is 1. The first kappa shape index (κ1) is 16.0. The summed E-state index contributed by atoms with van der Waals surface area (Å²) in [4.78, 5) is 5.69. The molecule has 20 heavy (non-hydrogen) atoms. The second kappa shape index (κ2) is 7.06. The number of nitrogens with one attached hydrogen (secondary N) is 1. The second-order valence-corrected chi connectivity index (χ2v) is 8.35. The Bertz CT molecular complexity index is 405. The van der Waals surface area contributed by atoms with Crippen LogP contribution in [0.1, 0.15) is 50.3 Å². The van der Waals surface area contributed by atoms with Gasteiger partial charge >= 0.3 is 0 Å². The molecule has 1 unspecified atom stereocenters. The Morgan fingerprint density at radius 1 is 1.30 bits per heavy atom. The zero-order valence-electron chi connectivity index (χ0n) is 13.5. The minimum Gasteiger partial charge on any atom is -0.312 e. The molecule has 0 aromatic carbocycles. The molecule has 1 saturated heterocycles. The van der Waals surface area contributed by atoms with Crippen LogP contribution >= 0.6 is 11.3 Å². The van der Waals surface area contributed by atoms with E-state index in [1.54, 1.807) is 0 Å². The van der Waals surface area contributed by atoms with Gasteiger partial charge in [-0.25, -0.2) is 0 Å². The van der Waals surface area contributed by atoms with Gasteiger partial charge in [0.05, 0.1) is 0 Å². The van der Waals surface area contributed by atoms with Crippen LogP contribution in [0.4, 0.5) is 0 Å². The summed E-state index contributed by atoms with van der Waals surface area (Å²) in [7, 11) is 0. The molecule has 1 aromatic rings. The lowest BCUT2D eigenvalue weighted by Crippen LogP contribution is -2.44. The average molecular weight is 295 g/mol. The molecule has 1 aliphatic rings. The van der Waals surface area contributed by atoms with Crippen molar-refractivity contribution in [3.8, 4) is 0 Å². The Kier molecular flexibility index (Phi) is 5.65. The van der Waals surface area contributed by atoms with E-state index in [1.807, 2.05) is 11.3 Å². The summed E-state index contributed by atoms with van der Waals surface area (Å²) < 4.78 is 0. The summed E-state index contributed by atoms with van der Waals surface area (Å²) in [6.07, 6.45) is 3.90. The molecular weight excluding hydrogens is 264 g/mol. The van der Waals surface area contributed by atoms with Gasteiger partial charge in [-0.3, -0.25) is 4.90 Å². The van der Waals surface area contributed by atoms with E-state index in [2.05, 4.69) is 50.0 Å². The third kappa shape index (κ3) is 5.19. The van der Waals surface area contributed by atoms with Crippen molar-refractivity contribution >= 4 is 11.3 Å². The lowest BCUT2D eigenvalue weighted by molar-refractivity contribution is 0.161. The van der Waals surface area contributed by atoms with Gasteiger partial charge < -0.3 is 5.32 Å². The average Bonchev–Trinajstić information content (AvgIpc) is 2.84. The van der Waals surface area contributed by atoms with Crippen molar-refractivity contribution < 1.29 is 0 Å². The van der Waals surface area contributed by atoms with Crippen LogP contribution in [0.2, 0.25) is 0 Å². The first-order valence-electron chi connectivity index (χ1n) is 8.01. The smallest absolute Gasteiger partial charge is 0.0328 e. The predicted molar refractivity (Wildman–Crippen MR) is 89.5 cm³/mol. The summed E-state index contributed by atoms with van der Waals surface area (Å²) in [6.45, 7) is 13.8. The SMILES string of the molecule is CCc1ccc(CN2CCCC(CNC(C)(C)C)C2)s1. The molecule has 0 saturated carbocycles. The van der Waals surface area contributed by atoms with E-state index >= 15 is 0 Å². The number of likely N-dealkylation sites (tertiary alicyclic amines) is 1. The van der Waals surface area contributed by atoms with Crippen molar-refractivity contribution in [2.24, 2.45) is 5.92 Å². The number of nitrogens with zero attached hydrogens (tertiary/aromatic N) is 1. The fourth-order valence-electron chi connectivity index (χ4n) is 2.83. The highest BCUT2D eigenvalue weighted by Crippen LogP contribution is 2.23. The number of hydrogen-bond acceptors (Lipinski definition) is 3. The minimum atomic E-state index is 0.242. The Morgan fingerprint density at radius 2 is 2.05 bits per heavy atom. The molecule has 3 heteroatoms. The monoisotopic (exact) mass is 294 g/mol. The zero-order valence-corrected chi connectivity index (χ0v) is 14.4. The largest absolute Gasteiger partial charge is 0.312 e. The van der Waals surface area contributed by atoms with Crippen LogP contribution in [0.25, 0.3) is 0 Å². The topological polar surface area (TPSA) is 15.3 Å². The molecular formula is C17H30N2S. The second-order valence-electron chi connectivity index (χ2n) is 7.10. The summed E-state index contributed by atoms with van der Waals surface area (Å²) in [5.74, 6) is 0.814. The predicted octanol–water partition coefficient (Wildman–Crippen LogP) is 3.91. The summed E-state index contributed by atoms with van der Waals surface area (Å²) in [6, 6.07) is 4.61. The Hall–Kier alpha value is -0.380. The number of thiophene rings is 1. The fourth-order valence-corrected chi connectivity index (χ4v) is 3.83. The van der Waals surface area contributed by atoms with Gasteiger partial charge in [-0.2, -0.15) is 0 Å². The van der Waals surface area contributed by atoms with Crippen LogP contribution in [0.5, 0.6) is 0 Å². The molecule has 0 aliphatic carbocycles. The van der Waals surface area contributed by atoms with Crippen molar-refractivity contribution in [1.82, 2.24) is 10.2 Å². The van der Waals surface area contributed by atoms with Crippen molar-refractivity contribution in [1.29, 1.82) is 0 Å². The summed E-state index contributed by atoms with van der Waals surface area (Å²) >= 11 is 1.99. The van der Waals surface area contributed by atoms with Gasteiger partial charge in [-0.15, -0.1) is 11.3 Å². The lowest BCUT2D eigenvalue weighted by atomic mass is 9.96. The fraction of sp³-hybridized carbons (Fsp3) is 0.765. The summed E-state index contributed by atoms with van der Waals surface area (Å²) in [5, 5.41) is 3.67. The van der Waals surface area contributed by atoms with E-state index in [1.165, 1.54) is 42.1 Å². The van der Waals surface area contributed by atoms with Gasteiger partial charge in [-0.05, 0) is 71.2 Å². The first-order valence-corrected chi connectivity index (χ1v) is 8.83. The van der Waals surface area contributed by atoms with E-state index in [0.717, 1.165) is 19.0 Å². The Morgan fingerprint density at radius 3 is 2.70 bits per heavy atom. The van der Waals surface area contributed by atoms with Crippen molar-refractivity contribution in [3.63, 3.8) is 0 Å². The lowest BCUT2D eigenvalue weighted by Gasteiger charge is -2.34. The highest BCUT2D eigenvalue weighted by Gasteiger charge is 2.21. The first-order chi connectivity index (χ1) is 9.46. The van der Waals surface area contributed by atoms with Gasteiger partial charge in [0.25, 0.3) is 0 Å². The normalized spacial score (nSPS) is 21.3. The Balaban J connectivity index is 1.81. The zero-order chi connectivity index (χ0) is 14.6. The molecule has 0 radical (unpaired) electrons. The molecule has 0 spiro atoms. The van der Waals surface area contributed by atoms with Crippen LogP contribution in [0, 0.1) is 5.92 Å². The molecule has 2 nitrogen and oxygen atoms in total. The van der Waals surface area contributed by atoms with E-state index in [9.17, 15) is 0 Å². The molecule has 0 bridgehead atoms. The standard InChI is InChI=1S/C17H30N2S/c1-5-15-8-9-16(20-15)13-19-10-6-7-14(12-19)11-18-17(2,3)4/h8-9,14,18H,5-7,10-13H2,1-4H3. The molecule has 2 heterocycles. The third-order valence-electron chi connectivity index (χ3n) is 3.97. The minimum absolute atomic E-state index is 0.242. The van der Waals surface area contributed by atoms with Gasteiger partial charge in [0, 0.05) is 28.4 Å². The molecule has 1 aromatic heterocycles. The van der Waals surface area contributed by atoms with Crippen LogP contribution in [-0.4, -0.2) is 30.1 Å². The third-order valence-corrected chi connectivity index (χ3v) is 5.18. The van der Waals surface area contributed by atoms with E-state index in [4.69, 9.17) is 0 Å². The van der Waals surface area contributed by atoms with Crippen molar-refractivity contribution in [2.75, 3.05) is 19.6 Å². The van der Waals surface area contributed by atoms with E-state index < -0.39 is 0 Å². The maximum absolute atomic E-state index is 3.67. The molecule has 1 N–H and O–H groups in total. The highest BCUT2D eigenvalue weighted by molar-refractivity contribution is 7.11. The van der Waals surface area contributed by atoms with E-state index in [0.29, 0.717) is 0 Å². The van der Waals surface area contributed by atoms with Gasteiger partial charge in [0.1, 0.15) is 0 Å². The maximum Gasteiger partial charge on any atom is 0.0328 e. The molecule has 114 valence electrons. The van der Waals surface area contributed by atoms with Gasteiger partial charge in [0.2, 0.25) is 0 Å².